The molecular weight excluding hydrogens is 465 g/mol. The molecule has 4 aromatic rings. The van der Waals surface area contributed by atoms with Gasteiger partial charge in [-0.2, -0.15) is 0 Å². The number of nitrogens with one attached hydrogen (secondary N) is 1. The second-order valence-corrected chi connectivity index (χ2v) is 9.34. The largest absolute Gasteiger partial charge is 0.323 e. The molecule has 8 nitrogen and oxygen atoms in total. The van der Waals surface area contributed by atoms with Gasteiger partial charge in [-0.1, -0.05) is 43.3 Å². The summed E-state index contributed by atoms with van der Waals surface area (Å²) in [7, 11) is 0. The number of aryl methyl sites for hydroxylation is 2. The van der Waals surface area contributed by atoms with Gasteiger partial charge in [-0.15, -0.1) is 20.4 Å². The molecule has 0 radical (unpaired) electrons. The SMILES string of the molecule is CCc1ccccc1-n1cnnc1SCC(=O)Nc1cc(-c2nnc3n2CCCCC3)ccc1F. The highest BCUT2D eigenvalue weighted by molar-refractivity contribution is 7.99. The van der Waals surface area contributed by atoms with Crippen molar-refractivity contribution in [3.63, 3.8) is 0 Å². The molecule has 180 valence electrons. The van der Waals surface area contributed by atoms with Gasteiger partial charge in [0.15, 0.2) is 11.0 Å². The van der Waals surface area contributed by atoms with Crippen molar-refractivity contribution >= 4 is 23.4 Å². The van der Waals surface area contributed by atoms with Crippen LogP contribution in [0.1, 0.15) is 37.6 Å². The van der Waals surface area contributed by atoms with Gasteiger partial charge in [0, 0.05) is 18.5 Å². The van der Waals surface area contributed by atoms with Crippen LogP contribution in [0.4, 0.5) is 10.1 Å². The number of anilines is 1. The third-order valence-electron chi connectivity index (χ3n) is 6.09. The Labute approximate surface area is 207 Å². The van der Waals surface area contributed by atoms with E-state index in [1.54, 1.807) is 18.5 Å². The summed E-state index contributed by atoms with van der Waals surface area (Å²) in [6.07, 6.45) is 6.71. The first-order chi connectivity index (χ1) is 17.1. The molecule has 5 rings (SSSR count). The van der Waals surface area contributed by atoms with Crippen LogP contribution >= 0.6 is 11.8 Å². The van der Waals surface area contributed by atoms with Crippen molar-refractivity contribution in [1.29, 1.82) is 0 Å². The number of amides is 1. The quantitative estimate of drug-likeness (QED) is 0.378. The van der Waals surface area contributed by atoms with Gasteiger partial charge >= 0.3 is 0 Å². The maximum atomic E-state index is 14.6. The van der Waals surface area contributed by atoms with E-state index in [9.17, 15) is 9.18 Å². The van der Waals surface area contributed by atoms with Gasteiger partial charge in [0.1, 0.15) is 18.0 Å². The molecule has 10 heteroatoms. The Morgan fingerprint density at radius 2 is 2.00 bits per heavy atom. The number of carbonyl (C=O) groups is 1. The Morgan fingerprint density at radius 3 is 2.89 bits per heavy atom. The highest BCUT2D eigenvalue weighted by Crippen LogP contribution is 2.27. The first-order valence-corrected chi connectivity index (χ1v) is 12.8. The zero-order valence-electron chi connectivity index (χ0n) is 19.4. The molecule has 1 aliphatic rings. The van der Waals surface area contributed by atoms with Crippen molar-refractivity contribution in [3.05, 3.63) is 66.0 Å². The smallest absolute Gasteiger partial charge is 0.234 e. The van der Waals surface area contributed by atoms with Crippen LogP contribution < -0.4 is 5.32 Å². The molecule has 2 aromatic carbocycles. The number of hydrogen-bond acceptors (Lipinski definition) is 6. The number of thioether (sulfide) groups is 1. The monoisotopic (exact) mass is 491 g/mol. The van der Waals surface area contributed by atoms with Crippen molar-refractivity contribution in [2.75, 3.05) is 11.1 Å². The van der Waals surface area contributed by atoms with Crippen LogP contribution in [0.5, 0.6) is 0 Å². The molecule has 0 fully saturated rings. The van der Waals surface area contributed by atoms with E-state index in [1.807, 2.05) is 22.8 Å². The molecule has 1 N–H and O–H groups in total. The lowest BCUT2D eigenvalue weighted by Crippen LogP contribution is -2.16. The van der Waals surface area contributed by atoms with Crippen LogP contribution in [0, 0.1) is 5.82 Å². The van der Waals surface area contributed by atoms with E-state index >= 15 is 0 Å². The predicted molar refractivity (Wildman–Crippen MR) is 133 cm³/mol. The van der Waals surface area contributed by atoms with Crippen molar-refractivity contribution < 1.29 is 9.18 Å². The molecule has 0 saturated carbocycles. The molecule has 1 amide bonds. The normalized spacial score (nSPS) is 13.3. The molecule has 0 bridgehead atoms. The third kappa shape index (κ3) is 4.97. The fourth-order valence-corrected chi connectivity index (χ4v) is 5.03. The number of fused-ring (bicyclic) bond motifs is 1. The van der Waals surface area contributed by atoms with E-state index in [4.69, 9.17) is 0 Å². The maximum Gasteiger partial charge on any atom is 0.234 e. The van der Waals surface area contributed by atoms with Crippen LogP contribution in [-0.4, -0.2) is 41.2 Å². The molecule has 35 heavy (non-hydrogen) atoms. The lowest BCUT2D eigenvalue weighted by atomic mass is 10.1. The summed E-state index contributed by atoms with van der Waals surface area (Å²) in [5, 5.41) is 20.1. The van der Waals surface area contributed by atoms with Crippen LogP contribution in [-0.2, 0) is 24.2 Å². The summed E-state index contributed by atoms with van der Waals surface area (Å²) < 4.78 is 18.5. The zero-order chi connectivity index (χ0) is 24.2. The average molecular weight is 492 g/mol. The summed E-state index contributed by atoms with van der Waals surface area (Å²) in [6.45, 7) is 2.93. The Hall–Kier alpha value is -3.53. The molecule has 0 unspecified atom stereocenters. The molecule has 0 saturated heterocycles. The molecule has 2 aromatic heterocycles. The Morgan fingerprint density at radius 1 is 1.11 bits per heavy atom. The molecule has 0 spiro atoms. The minimum Gasteiger partial charge on any atom is -0.323 e. The summed E-state index contributed by atoms with van der Waals surface area (Å²) in [4.78, 5) is 12.7. The molecule has 0 atom stereocenters. The highest BCUT2D eigenvalue weighted by Gasteiger charge is 2.18. The topological polar surface area (TPSA) is 90.5 Å². The van der Waals surface area contributed by atoms with E-state index in [0.717, 1.165) is 61.3 Å². The highest BCUT2D eigenvalue weighted by atomic mass is 32.2. The minimum atomic E-state index is -0.497. The Kier molecular flexibility index (Phi) is 6.89. The number of carbonyl (C=O) groups excluding carboxylic acids is 1. The first-order valence-electron chi connectivity index (χ1n) is 11.8. The third-order valence-corrected chi connectivity index (χ3v) is 7.03. The molecule has 3 heterocycles. The number of aromatic nitrogens is 6. The summed E-state index contributed by atoms with van der Waals surface area (Å²) in [5.41, 5.74) is 2.99. The van der Waals surface area contributed by atoms with Gasteiger partial charge in [0.25, 0.3) is 0 Å². The van der Waals surface area contributed by atoms with Crippen molar-refractivity contribution in [3.8, 4) is 17.1 Å². The van der Waals surface area contributed by atoms with Gasteiger partial charge in [0.05, 0.1) is 17.1 Å². The van der Waals surface area contributed by atoms with E-state index in [1.165, 1.54) is 17.8 Å². The van der Waals surface area contributed by atoms with Crippen molar-refractivity contribution in [2.45, 2.75) is 50.7 Å². The summed E-state index contributed by atoms with van der Waals surface area (Å²) in [5.74, 6) is 0.899. The van der Waals surface area contributed by atoms with Gasteiger partial charge < -0.3 is 9.88 Å². The zero-order valence-corrected chi connectivity index (χ0v) is 20.3. The van der Waals surface area contributed by atoms with Gasteiger partial charge in [-0.3, -0.25) is 9.36 Å². The number of para-hydroxylation sites is 1. The number of nitrogens with zero attached hydrogens (tertiary/aromatic N) is 6. The second-order valence-electron chi connectivity index (χ2n) is 8.40. The summed E-state index contributed by atoms with van der Waals surface area (Å²) >= 11 is 1.25. The number of rotatable bonds is 7. The number of hydrogen-bond donors (Lipinski definition) is 1. The minimum absolute atomic E-state index is 0.0665. The molecular formula is C25H26FN7OS. The fourth-order valence-electron chi connectivity index (χ4n) is 4.31. The van der Waals surface area contributed by atoms with Gasteiger partial charge in [0.2, 0.25) is 5.91 Å². The lowest BCUT2D eigenvalue weighted by Gasteiger charge is -2.11. The van der Waals surface area contributed by atoms with E-state index < -0.39 is 5.82 Å². The van der Waals surface area contributed by atoms with Gasteiger partial charge in [-0.05, 0) is 49.1 Å². The first kappa shape index (κ1) is 23.2. The Balaban J connectivity index is 1.30. The van der Waals surface area contributed by atoms with Gasteiger partial charge in [-0.25, -0.2) is 4.39 Å². The lowest BCUT2D eigenvalue weighted by molar-refractivity contribution is -0.113. The van der Waals surface area contributed by atoms with Crippen LogP contribution in [0.15, 0.2) is 53.9 Å². The van der Waals surface area contributed by atoms with Crippen molar-refractivity contribution in [1.82, 2.24) is 29.5 Å². The molecule has 0 aliphatic carbocycles. The van der Waals surface area contributed by atoms with Crippen LogP contribution in [0.3, 0.4) is 0 Å². The van der Waals surface area contributed by atoms with E-state index in [2.05, 4.69) is 43.3 Å². The maximum absolute atomic E-state index is 14.6. The Bertz CT molecular complexity index is 1350. The molecule has 1 aliphatic heterocycles. The van der Waals surface area contributed by atoms with E-state index in [0.29, 0.717) is 11.0 Å². The van der Waals surface area contributed by atoms with Crippen LogP contribution in [0.25, 0.3) is 17.1 Å². The summed E-state index contributed by atoms with van der Waals surface area (Å²) in [6, 6.07) is 12.7. The predicted octanol–water partition coefficient (Wildman–Crippen LogP) is 4.68. The van der Waals surface area contributed by atoms with E-state index in [-0.39, 0.29) is 17.3 Å². The fraction of sp³-hybridized carbons (Fsp3) is 0.320. The second kappa shape index (κ2) is 10.4. The number of halogens is 1. The van der Waals surface area contributed by atoms with Crippen molar-refractivity contribution in [2.24, 2.45) is 0 Å². The number of benzene rings is 2. The van der Waals surface area contributed by atoms with Crippen LogP contribution in [0.2, 0.25) is 0 Å². The average Bonchev–Trinajstić information content (AvgIpc) is 3.44. The standard InChI is InChI=1S/C25H26FN7OS/c1-2-17-8-5-6-9-21(17)33-16-27-31-25(33)35-15-23(34)28-20-14-18(11-12-19(20)26)24-30-29-22-10-4-3-7-13-32(22)24/h5-6,8-9,11-12,14,16H,2-4,7,10,13,15H2,1H3,(H,28,34).